The Bertz CT molecular complexity index is 432. The van der Waals surface area contributed by atoms with Gasteiger partial charge in [-0.25, -0.2) is 4.68 Å². The number of benzene rings is 1. The maximum absolute atomic E-state index is 5.65. The third-order valence-electron chi connectivity index (χ3n) is 2.17. The number of aromatic nitrogens is 2. The van der Waals surface area contributed by atoms with Gasteiger partial charge in [0.25, 0.3) is 0 Å². The molecule has 2 aromatic rings. The number of rotatable bonds is 2. The molecule has 0 saturated heterocycles. The molecule has 14 heavy (non-hydrogen) atoms. The van der Waals surface area contributed by atoms with Crippen molar-refractivity contribution >= 4 is 0 Å². The molecule has 0 amide bonds. The largest absolute Gasteiger partial charge is 0.326 e. The van der Waals surface area contributed by atoms with Crippen molar-refractivity contribution in [2.75, 3.05) is 0 Å². The van der Waals surface area contributed by atoms with E-state index in [2.05, 4.69) is 5.10 Å². The molecule has 0 aliphatic carbocycles. The number of nitrogens with two attached hydrogens (primary N) is 1. The molecule has 0 aliphatic heterocycles. The summed E-state index contributed by atoms with van der Waals surface area (Å²) in [5, 5.41) is 4.26. The topological polar surface area (TPSA) is 43.8 Å². The molecule has 1 aromatic heterocycles. The van der Waals surface area contributed by atoms with E-state index in [0.717, 1.165) is 16.8 Å². The van der Waals surface area contributed by atoms with Crippen molar-refractivity contribution in [3.63, 3.8) is 0 Å². The minimum absolute atomic E-state index is 0.537. The molecule has 0 bridgehead atoms. The van der Waals surface area contributed by atoms with Gasteiger partial charge in [-0.05, 0) is 24.1 Å². The van der Waals surface area contributed by atoms with Crippen molar-refractivity contribution in [3.05, 3.63) is 47.8 Å². The molecule has 1 aromatic carbocycles. The molecule has 0 spiro atoms. The SMILES string of the molecule is Cc1cnn(-c2ccccc2CN)c1. The van der Waals surface area contributed by atoms with Gasteiger partial charge in [0.1, 0.15) is 0 Å². The van der Waals surface area contributed by atoms with Crippen molar-refractivity contribution < 1.29 is 0 Å². The van der Waals surface area contributed by atoms with Crippen LogP contribution in [-0.2, 0) is 6.54 Å². The standard InChI is InChI=1S/C11H13N3/c1-9-7-13-14(8-9)11-5-3-2-4-10(11)6-12/h2-5,7-8H,6,12H2,1H3. The summed E-state index contributed by atoms with van der Waals surface area (Å²) >= 11 is 0. The fourth-order valence-corrected chi connectivity index (χ4v) is 1.45. The van der Waals surface area contributed by atoms with Gasteiger partial charge in [-0.1, -0.05) is 18.2 Å². The summed E-state index contributed by atoms with van der Waals surface area (Å²) in [5.74, 6) is 0. The third-order valence-corrected chi connectivity index (χ3v) is 2.17. The van der Waals surface area contributed by atoms with Gasteiger partial charge in [0.2, 0.25) is 0 Å². The first-order valence-electron chi connectivity index (χ1n) is 4.61. The Labute approximate surface area is 83.2 Å². The van der Waals surface area contributed by atoms with Gasteiger partial charge >= 0.3 is 0 Å². The number of hydrogen-bond acceptors (Lipinski definition) is 2. The summed E-state index contributed by atoms with van der Waals surface area (Å²) in [4.78, 5) is 0. The van der Waals surface area contributed by atoms with Crippen LogP contribution in [0.2, 0.25) is 0 Å². The predicted octanol–water partition coefficient (Wildman–Crippen LogP) is 1.64. The van der Waals surface area contributed by atoms with E-state index in [9.17, 15) is 0 Å². The van der Waals surface area contributed by atoms with Crippen LogP contribution in [0.5, 0.6) is 0 Å². The molecule has 3 nitrogen and oxygen atoms in total. The summed E-state index contributed by atoms with van der Waals surface area (Å²) in [7, 11) is 0. The Hall–Kier alpha value is -1.61. The van der Waals surface area contributed by atoms with Crippen LogP contribution in [-0.4, -0.2) is 9.78 Å². The molecule has 0 unspecified atom stereocenters. The molecule has 2 N–H and O–H groups in total. The van der Waals surface area contributed by atoms with Crippen LogP contribution >= 0.6 is 0 Å². The highest BCUT2D eigenvalue weighted by Gasteiger charge is 2.02. The monoisotopic (exact) mass is 187 g/mol. The number of nitrogens with zero attached hydrogens (tertiary/aromatic N) is 2. The first kappa shape index (κ1) is 8.97. The van der Waals surface area contributed by atoms with Gasteiger partial charge in [0.15, 0.2) is 0 Å². The zero-order valence-electron chi connectivity index (χ0n) is 8.14. The normalized spacial score (nSPS) is 10.4. The predicted molar refractivity (Wildman–Crippen MR) is 56.2 cm³/mol. The van der Waals surface area contributed by atoms with Crippen molar-refractivity contribution in [2.45, 2.75) is 13.5 Å². The number of aryl methyl sites for hydroxylation is 1. The Morgan fingerprint density at radius 1 is 1.36 bits per heavy atom. The van der Waals surface area contributed by atoms with E-state index < -0.39 is 0 Å². The summed E-state index contributed by atoms with van der Waals surface area (Å²) < 4.78 is 1.86. The minimum atomic E-state index is 0.537. The lowest BCUT2D eigenvalue weighted by molar-refractivity contribution is 0.858. The average molecular weight is 187 g/mol. The summed E-state index contributed by atoms with van der Waals surface area (Å²) in [6, 6.07) is 8.02. The highest BCUT2D eigenvalue weighted by atomic mass is 15.3. The van der Waals surface area contributed by atoms with Gasteiger partial charge in [-0.15, -0.1) is 0 Å². The van der Waals surface area contributed by atoms with Gasteiger partial charge < -0.3 is 5.73 Å². The van der Waals surface area contributed by atoms with Crippen molar-refractivity contribution in [3.8, 4) is 5.69 Å². The second-order valence-electron chi connectivity index (χ2n) is 3.30. The molecule has 2 rings (SSSR count). The molecule has 0 atom stereocenters. The van der Waals surface area contributed by atoms with Crippen LogP contribution < -0.4 is 5.73 Å². The third kappa shape index (κ3) is 1.54. The molecule has 0 radical (unpaired) electrons. The lowest BCUT2D eigenvalue weighted by Gasteiger charge is -2.06. The van der Waals surface area contributed by atoms with E-state index in [4.69, 9.17) is 5.73 Å². The molecule has 0 aliphatic rings. The Morgan fingerprint density at radius 3 is 2.79 bits per heavy atom. The first-order chi connectivity index (χ1) is 6.81. The first-order valence-corrected chi connectivity index (χ1v) is 4.61. The van der Waals surface area contributed by atoms with Crippen LogP contribution in [0.3, 0.4) is 0 Å². The number of hydrogen-bond donors (Lipinski definition) is 1. The fourth-order valence-electron chi connectivity index (χ4n) is 1.45. The summed E-state index contributed by atoms with van der Waals surface area (Å²) in [6.07, 6.45) is 3.84. The van der Waals surface area contributed by atoms with Crippen LogP contribution in [0.4, 0.5) is 0 Å². The highest BCUT2D eigenvalue weighted by Crippen LogP contribution is 2.13. The number of para-hydroxylation sites is 1. The van der Waals surface area contributed by atoms with Crippen molar-refractivity contribution in [1.82, 2.24) is 9.78 Å². The summed E-state index contributed by atoms with van der Waals surface area (Å²) in [6.45, 7) is 2.56. The molecule has 1 heterocycles. The molecule has 0 fully saturated rings. The van der Waals surface area contributed by atoms with Crippen LogP contribution in [0.15, 0.2) is 36.7 Å². The second-order valence-corrected chi connectivity index (χ2v) is 3.30. The maximum atomic E-state index is 5.65. The quantitative estimate of drug-likeness (QED) is 0.776. The molecule has 3 heteroatoms. The van der Waals surface area contributed by atoms with Crippen LogP contribution in [0.25, 0.3) is 5.69 Å². The van der Waals surface area contributed by atoms with E-state index in [1.165, 1.54) is 0 Å². The Kier molecular flexibility index (Phi) is 2.33. The molecular weight excluding hydrogens is 174 g/mol. The van der Waals surface area contributed by atoms with E-state index in [0.29, 0.717) is 6.54 Å². The van der Waals surface area contributed by atoms with E-state index in [-0.39, 0.29) is 0 Å². The van der Waals surface area contributed by atoms with Crippen LogP contribution in [0.1, 0.15) is 11.1 Å². The highest BCUT2D eigenvalue weighted by molar-refractivity contribution is 5.40. The van der Waals surface area contributed by atoms with Gasteiger partial charge in [-0.2, -0.15) is 5.10 Å². The van der Waals surface area contributed by atoms with Crippen molar-refractivity contribution in [2.24, 2.45) is 5.73 Å². The summed E-state index contributed by atoms with van der Waals surface area (Å²) in [5.41, 5.74) is 8.97. The van der Waals surface area contributed by atoms with Gasteiger partial charge in [0, 0.05) is 12.7 Å². The maximum Gasteiger partial charge on any atom is 0.0690 e. The Morgan fingerprint density at radius 2 is 2.14 bits per heavy atom. The molecular formula is C11H13N3. The lowest BCUT2D eigenvalue weighted by atomic mass is 10.2. The second kappa shape index (κ2) is 3.64. The average Bonchev–Trinajstić information content (AvgIpc) is 2.65. The minimum Gasteiger partial charge on any atom is -0.326 e. The Balaban J connectivity index is 2.50. The fraction of sp³-hybridized carbons (Fsp3) is 0.182. The zero-order valence-corrected chi connectivity index (χ0v) is 8.14. The van der Waals surface area contributed by atoms with Gasteiger partial charge in [-0.3, -0.25) is 0 Å². The lowest BCUT2D eigenvalue weighted by Crippen LogP contribution is -2.04. The zero-order chi connectivity index (χ0) is 9.97. The smallest absolute Gasteiger partial charge is 0.0690 e. The van der Waals surface area contributed by atoms with Gasteiger partial charge in [0.05, 0.1) is 11.9 Å². The van der Waals surface area contributed by atoms with Crippen LogP contribution in [0, 0.1) is 6.92 Å². The van der Waals surface area contributed by atoms with E-state index >= 15 is 0 Å². The molecule has 0 saturated carbocycles. The molecule has 72 valence electrons. The van der Waals surface area contributed by atoms with E-state index in [1.807, 2.05) is 48.3 Å². The van der Waals surface area contributed by atoms with E-state index in [1.54, 1.807) is 0 Å². The van der Waals surface area contributed by atoms with Crippen molar-refractivity contribution in [1.29, 1.82) is 0 Å².